The van der Waals surface area contributed by atoms with Gasteiger partial charge in [-0.3, -0.25) is 0 Å². The van der Waals surface area contributed by atoms with E-state index in [-0.39, 0.29) is 0 Å². The predicted molar refractivity (Wildman–Crippen MR) is 56.3 cm³/mol. The molecule has 1 N–H and O–H groups in total. The monoisotopic (exact) mass is 191 g/mol. The summed E-state index contributed by atoms with van der Waals surface area (Å²) in [7, 11) is 0. The molecular formula is C11H10ClN. The number of halogens is 1. The van der Waals surface area contributed by atoms with Gasteiger partial charge in [-0.2, -0.15) is 0 Å². The van der Waals surface area contributed by atoms with Crippen LogP contribution in [0.3, 0.4) is 0 Å². The van der Waals surface area contributed by atoms with Crippen molar-refractivity contribution in [1.29, 1.82) is 0 Å². The lowest BCUT2D eigenvalue weighted by molar-refractivity contribution is 1.13. The van der Waals surface area contributed by atoms with Crippen molar-refractivity contribution in [1.82, 2.24) is 5.32 Å². The molecule has 0 aromatic heterocycles. The molecule has 0 saturated carbocycles. The number of rotatable bonds is 1. The van der Waals surface area contributed by atoms with Gasteiger partial charge in [-0.05, 0) is 30.3 Å². The summed E-state index contributed by atoms with van der Waals surface area (Å²) in [5.74, 6) is 0. The van der Waals surface area contributed by atoms with Crippen molar-refractivity contribution < 1.29 is 0 Å². The topological polar surface area (TPSA) is 12.0 Å². The third kappa shape index (κ3) is 1.93. The van der Waals surface area contributed by atoms with Crippen molar-refractivity contribution >= 4 is 17.3 Å². The van der Waals surface area contributed by atoms with Gasteiger partial charge in [0.05, 0.1) is 0 Å². The van der Waals surface area contributed by atoms with Crippen LogP contribution in [0, 0.1) is 0 Å². The zero-order valence-electron chi connectivity index (χ0n) is 7.13. The first-order chi connectivity index (χ1) is 6.36. The van der Waals surface area contributed by atoms with E-state index in [0.29, 0.717) is 0 Å². The first-order valence-corrected chi connectivity index (χ1v) is 4.62. The van der Waals surface area contributed by atoms with E-state index in [2.05, 4.69) is 17.5 Å². The Balaban J connectivity index is 2.30. The molecule has 1 heterocycles. The number of benzene rings is 1. The molecule has 0 atom stereocenters. The van der Waals surface area contributed by atoms with E-state index in [9.17, 15) is 0 Å². The van der Waals surface area contributed by atoms with E-state index in [0.717, 1.165) is 22.7 Å². The molecule has 0 saturated heterocycles. The Hall–Kier alpha value is -1.21. The van der Waals surface area contributed by atoms with Crippen LogP contribution in [0.25, 0.3) is 5.70 Å². The lowest BCUT2D eigenvalue weighted by Gasteiger charge is -2.10. The number of dihydropyridines is 1. The third-order valence-corrected chi connectivity index (χ3v) is 2.19. The predicted octanol–water partition coefficient (Wildman–Crippen LogP) is 3.19. The van der Waals surface area contributed by atoms with Gasteiger partial charge in [0.1, 0.15) is 0 Å². The van der Waals surface area contributed by atoms with Gasteiger partial charge < -0.3 is 5.32 Å². The molecule has 1 aromatic carbocycles. The maximum Gasteiger partial charge on any atom is 0.0416 e. The van der Waals surface area contributed by atoms with Crippen molar-refractivity contribution in [2.24, 2.45) is 0 Å². The highest BCUT2D eigenvalue weighted by Crippen LogP contribution is 2.18. The minimum absolute atomic E-state index is 0.773. The van der Waals surface area contributed by atoms with Gasteiger partial charge in [-0.25, -0.2) is 0 Å². The molecule has 0 unspecified atom stereocenters. The molecule has 0 amide bonds. The van der Waals surface area contributed by atoms with E-state index >= 15 is 0 Å². The summed E-state index contributed by atoms with van der Waals surface area (Å²) in [5.41, 5.74) is 2.27. The first kappa shape index (κ1) is 8.39. The fraction of sp³-hybridized carbons (Fsp3) is 0.0909. The molecule has 0 radical (unpaired) electrons. The Labute approximate surface area is 82.7 Å². The number of hydrogen-bond acceptors (Lipinski definition) is 1. The Morgan fingerprint density at radius 3 is 2.92 bits per heavy atom. The van der Waals surface area contributed by atoms with Gasteiger partial charge in [0.25, 0.3) is 0 Å². The molecule has 0 fully saturated rings. The smallest absolute Gasteiger partial charge is 0.0416 e. The average molecular weight is 192 g/mol. The fourth-order valence-electron chi connectivity index (χ4n) is 1.32. The minimum atomic E-state index is 0.773. The van der Waals surface area contributed by atoms with Gasteiger partial charge in [-0.1, -0.05) is 35.9 Å². The number of hydrogen-bond donors (Lipinski definition) is 1. The number of nitrogens with one attached hydrogen (secondary N) is 1. The van der Waals surface area contributed by atoms with Crippen LogP contribution >= 0.6 is 11.6 Å². The fourth-order valence-corrected chi connectivity index (χ4v) is 1.51. The maximum atomic E-state index is 5.89. The molecule has 2 rings (SSSR count). The van der Waals surface area contributed by atoms with E-state index in [4.69, 9.17) is 11.6 Å². The van der Waals surface area contributed by atoms with E-state index in [1.807, 2.05) is 30.5 Å². The molecule has 1 aliphatic heterocycles. The Kier molecular flexibility index (Phi) is 2.37. The second-order valence-electron chi connectivity index (χ2n) is 2.91. The van der Waals surface area contributed by atoms with E-state index in [1.165, 1.54) is 0 Å². The van der Waals surface area contributed by atoms with Gasteiger partial charge in [0, 0.05) is 10.7 Å². The molecule has 1 aliphatic rings. The van der Waals surface area contributed by atoms with Crippen molar-refractivity contribution in [2.45, 2.75) is 6.42 Å². The Bertz CT molecular complexity index is 366. The summed E-state index contributed by atoms with van der Waals surface area (Å²) in [4.78, 5) is 0. The van der Waals surface area contributed by atoms with E-state index in [1.54, 1.807) is 0 Å². The first-order valence-electron chi connectivity index (χ1n) is 4.24. The molecule has 13 heavy (non-hydrogen) atoms. The van der Waals surface area contributed by atoms with Crippen molar-refractivity contribution in [3.63, 3.8) is 0 Å². The van der Waals surface area contributed by atoms with Crippen LogP contribution in [0.1, 0.15) is 12.0 Å². The van der Waals surface area contributed by atoms with Crippen LogP contribution in [0.4, 0.5) is 0 Å². The third-order valence-electron chi connectivity index (χ3n) is 1.95. The molecule has 0 bridgehead atoms. The largest absolute Gasteiger partial charge is 0.362 e. The summed E-state index contributed by atoms with van der Waals surface area (Å²) in [6.07, 6.45) is 7.16. The van der Waals surface area contributed by atoms with Gasteiger partial charge in [0.2, 0.25) is 0 Å². The summed E-state index contributed by atoms with van der Waals surface area (Å²) in [5, 5.41) is 3.96. The molecule has 0 aliphatic carbocycles. The summed E-state index contributed by atoms with van der Waals surface area (Å²) in [6.45, 7) is 0. The highest BCUT2D eigenvalue weighted by Gasteiger charge is 2.01. The molecular weight excluding hydrogens is 182 g/mol. The summed E-state index contributed by atoms with van der Waals surface area (Å²) >= 11 is 5.89. The van der Waals surface area contributed by atoms with Gasteiger partial charge in [-0.15, -0.1) is 0 Å². The molecule has 66 valence electrons. The SMILES string of the molecule is Clc1cccc(C2=CCC=CN2)c1. The van der Waals surface area contributed by atoms with Crippen LogP contribution < -0.4 is 5.32 Å². The molecule has 1 nitrogen and oxygen atoms in total. The molecule has 2 heteroatoms. The lowest BCUT2D eigenvalue weighted by atomic mass is 10.1. The quantitative estimate of drug-likeness (QED) is 0.719. The lowest BCUT2D eigenvalue weighted by Crippen LogP contribution is -2.06. The molecule has 1 aromatic rings. The minimum Gasteiger partial charge on any atom is -0.362 e. The Morgan fingerprint density at radius 2 is 2.23 bits per heavy atom. The zero-order chi connectivity index (χ0) is 9.10. The van der Waals surface area contributed by atoms with Crippen LogP contribution in [0.2, 0.25) is 5.02 Å². The molecule has 0 spiro atoms. The second kappa shape index (κ2) is 3.67. The maximum absolute atomic E-state index is 5.89. The van der Waals surface area contributed by atoms with Crippen LogP contribution in [-0.2, 0) is 0 Å². The summed E-state index contributed by atoms with van der Waals surface area (Å²) < 4.78 is 0. The standard InChI is InChI=1S/C11H10ClN/c12-10-5-3-4-9(8-10)11-6-1-2-7-13-11/h2-8,13H,1H2. The number of allylic oxidation sites excluding steroid dienone is 2. The van der Waals surface area contributed by atoms with Crippen molar-refractivity contribution in [3.05, 3.63) is 53.2 Å². The Morgan fingerprint density at radius 1 is 1.31 bits per heavy atom. The summed E-state index contributed by atoms with van der Waals surface area (Å²) in [6, 6.07) is 7.84. The zero-order valence-corrected chi connectivity index (χ0v) is 7.88. The van der Waals surface area contributed by atoms with Gasteiger partial charge in [0.15, 0.2) is 0 Å². The van der Waals surface area contributed by atoms with Crippen molar-refractivity contribution in [3.8, 4) is 0 Å². The van der Waals surface area contributed by atoms with Crippen LogP contribution in [-0.4, -0.2) is 0 Å². The highest BCUT2D eigenvalue weighted by molar-refractivity contribution is 6.30. The van der Waals surface area contributed by atoms with Gasteiger partial charge >= 0.3 is 0 Å². The second-order valence-corrected chi connectivity index (χ2v) is 3.35. The van der Waals surface area contributed by atoms with Crippen LogP contribution in [0.5, 0.6) is 0 Å². The van der Waals surface area contributed by atoms with Crippen molar-refractivity contribution in [2.75, 3.05) is 0 Å². The normalized spacial score (nSPS) is 15.0. The van der Waals surface area contributed by atoms with E-state index < -0.39 is 0 Å². The van der Waals surface area contributed by atoms with Crippen LogP contribution in [0.15, 0.2) is 42.6 Å². The average Bonchev–Trinajstić information content (AvgIpc) is 2.19. The highest BCUT2D eigenvalue weighted by atomic mass is 35.5.